The van der Waals surface area contributed by atoms with Gasteiger partial charge in [0.25, 0.3) is 0 Å². The summed E-state index contributed by atoms with van der Waals surface area (Å²) >= 11 is 0. The summed E-state index contributed by atoms with van der Waals surface area (Å²) in [7, 11) is -4.71. The number of hydrogen-bond acceptors (Lipinski definition) is 8. The maximum Gasteiger partial charge on any atom is 0.472 e. The number of unbranched alkanes of at least 4 members (excludes halogenated alkanes) is 9. The normalized spacial score (nSPS) is 14.6. The first-order valence-electron chi connectivity index (χ1n) is 12.6. The zero-order valence-corrected chi connectivity index (χ0v) is 22.0. The summed E-state index contributed by atoms with van der Waals surface area (Å²) in [5.74, 6) is -2.40. The lowest BCUT2D eigenvalue weighted by Crippen LogP contribution is -2.43. The number of aliphatic hydroxyl groups is 1. The van der Waals surface area contributed by atoms with E-state index in [1.165, 1.54) is 6.42 Å². The van der Waals surface area contributed by atoms with E-state index in [9.17, 15) is 34.1 Å². The van der Waals surface area contributed by atoms with E-state index in [0.717, 1.165) is 51.4 Å². The second-order valence-electron chi connectivity index (χ2n) is 8.54. The molecule has 0 radical (unpaired) electrons. The molecule has 206 valence electrons. The number of carbonyl (C=O) groups is 3. The maximum absolute atomic E-state index is 12.0. The predicted octanol–water partition coefficient (Wildman–Crippen LogP) is 3.70. The number of hydrogen-bond donors (Lipinski definition) is 4. The minimum absolute atomic E-state index is 0.147. The number of phosphoric ester groups is 1. The van der Waals surface area contributed by atoms with Crippen LogP contribution >= 0.6 is 7.82 Å². The Morgan fingerprint density at radius 2 is 1.31 bits per heavy atom. The fourth-order valence-corrected chi connectivity index (χ4v) is 3.85. The van der Waals surface area contributed by atoms with Gasteiger partial charge in [-0.3, -0.25) is 18.6 Å². The van der Waals surface area contributed by atoms with Crippen molar-refractivity contribution in [2.45, 2.75) is 109 Å². The summed E-state index contributed by atoms with van der Waals surface area (Å²) in [5, 5.41) is 21.3. The third kappa shape index (κ3) is 20.4. The fraction of sp³-hybridized carbons (Fsp3) is 0.870. The van der Waals surface area contributed by atoms with Crippen molar-refractivity contribution >= 4 is 25.7 Å². The number of esters is 1. The molecule has 0 bridgehead atoms. The molecule has 0 saturated carbocycles. The highest BCUT2D eigenvalue weighted by atomic mass is 31.2. The van der Waals surface area contributed by atoms with Crippen molar-refractivity contribution in [2.24, 2.45) is 0 Å². The van der Waals surface area contributed by atoms with Crippen LogP contribution in [0.1, 0.15) is 97.3 Å². The van der Waals surface area contributed by atoms with Crippen LogP contribution in [0.15, 0.2) is 0 Å². The third-order valence-corrected chi connectivity index (χ3v) is 6.10. The summed E-state index contributed by atoms with van der Waals surface area (Å²) in [6.45, 7) is 2.30. The number of ether oxygens (including phenoxy) is 1. The van der Waals surface area contributed by atoms with E-state index in [1.807, 2.05) is 6.92 Å². The molecule has 0 heterocycles. The number of carboxylic acid groups (broad SMARTS) is 1. The van der Waals surface area contributed by atoms with Crippen molar-refractivity contribution in [1.29, 1.82) is 0 Å². The zero-order chi connectivity index (χ0) is 26.5. The molecule has 0 aromatic heterocycles. The van der Waals surface area contributed by atoms with E-state index in [4.69, 9.17) is 4.74 Å². The first-order chi connectivity index (χ1) is 16.6. The Morgan fingerprint density at radius 1 is 0.800 bits per heavy atom. The van der Waals surface area contributed by atoms with Gasteiger partial charge in [-0.25, -0.2) is 9.36 Å². The standard InChI is InChI=1S/C23H44NO10P/c1-3-5-7-9-10-11-12-14-21(26)24-20(23(28)29)18-34-35(30,31)33-17-19(25)16-32-22(27)15-13-8-6-4-2/h19-20,25H,3-18H2,1-2H3,(H,24,26)(H,28,29)(H,30,31). The van der Waals surface area contributed by atoms with Crippen molar-refractivity contribution < 1.29 is 47.8 Å². The number of aliphatic carboxylic acids is 1. The smallest absolute Gasteiger partial charge is 0.472 e. The van der Waals surface area contributed by atoms with Crippen LogP contribution in [0, 0.1) is 0 Å². The summed E-state index contributed by atoms with van der Waals surface area (Å²) < 4.78 is 26.2. The van der Waals surface area contributed by atoms with Gasteiger partial charge in [0.15, 0.2) is 6.04 Å². The van der Waals surface area contributed by atoms with Gasteiger partial charge in [0.05, 0.1) is 13.2 Å². The molecule has 35 heavy (non-hydrogen) atoms. The Balaban J connectivity index is 4.20. The Kier molecular flexibility index (Phi) is 19.8. The molecule has 0 fully saturated rings. The minimum Gasteiger partial charge on any atom is -0.480 e. The highest BCUT2D eigenvalue weighted by molar-refractivity contribution is 7.47. The van der Waals surface area contributed by atoms with E-state index < -0.39 is 57.6 Å². The molecule has 0 rings (SSSR count). The van der Waals surface area contributed by atoms with Gasteiger partial charge in [0.2, 0.25) is 5.91 Å². The van der Waals surface area contributed by atoms with Crippen molar-refractivity contribution in [2.75, 3.05) is 19.8 Å². The highest BCUT2D eigenvalue weighted by Gasteiger charge is 2.28. The molecule has 0 saturated heterocycles. The Morgan fingerprint density at radius 3 is 1.91 bits per heavy atom. The van der Waals surface area contributed by atoms with Gasteiger partial charge in [0.1, 0.15) is 12.7 Å². The number of carbonyl (C=O) groups excluding carboxylic acids is 2. The van der Waals surface area contributed by atoms with Crippen LogP contribution in [-0.4, -0.2) is 64.9 Å². The van der Waals surface area contributed by atoms with Gasteiger partial charge in [-0.1, -0.05) is 71.6 Å². The number of phosphoric acid groups is 1. The number of nitrogens with one attached hydrogen (secondary N) is 1. The lowest BCUT2D eigenvalue weighted by molar-refractivity contribution is -0.147. The molecular formula is C23H44NO10P. The number of amides is 1. The van der Waals surface area contributed by atoms with Crippen LogP contribution in [0.5, 0.6) is 0 Å². The van der Waals surface area contributed by atoms with Crippen molar-refractivity contribution in [3.05, 3.63) is 0 Å². The second kappa shape index (κ2) is 20.7. The van der Waals surface area contributed by atoms with Crippen LogP contribution in [0.2, 0.25) is 0 Å². The van der Waals surface area contributed by atoms with Crippen LogP contribution < -0.4 is 5.32 Å². The molecule has 1 amide bonds. The van der Waals surface area contributed by atoms with Crippen LogP contribution in [0.4, 0.5) is 0 Å². The molecule has 0 aromatic rings. The SMILES string of the molecule is CCCCCCCCCC(=O)NC(COP(=O)(O)OCC(O)COC(=O)CCCCCC)C(=O)O. The summed E-state index contributed by atoms with van der Waals surface area (Å²) in [5.41, 5.74) is 0. The largest absolute Gasteiger partial charge is 0.480 e. The van der Waals surface area contributed by atoms with Crippen molar-refractivity contribution in [1.82, 2.24) is 5.32 Å². The fourth-order valence-electron chi connectivity index (χ4n) is 3.08. The number of carboxylic acids is 1. The average molecular weight is 526 g/mol. The molecular weight excluding hydrogens is 481 g/mol. The second-order valence-corrected chi connectivity index (χ2v) is 9.99. The molecule has 0 aliphatic rings. The minimum atomic E-state index is -4.71. The predicted molar refractivity (Wildman–Crippen MR) is 130 cm³/mol. The molecule has 11 nitrogen and oxygen atoms in total. The molecule has 0 aliphatic carbocycles. The first-order valence-corrected chi connectivity index (χ1v) is 14.1. The number of aliphatic hydroxyl groups excluding tert-OH is 1. The van der Waals surface area contributed by atoms with Crippen LogP contribution in [0.3, 0.4) is 0 Å². The third-order valence-electron chi connectivity index (χ3n) is 5.15. The van der Waals surface area contributed by atoms with Crippen molar-refractivity contribution in [3.63, 3.8) is 0 Å². The molecule has 3 atom stereocenters. The van der Waals surface area contributed by atoms with Gasteiger partial charge in [-0.15, -0.1) is 0 Å². The monoisotopic (exact) mass is 525 g/mol. The summed E-state index contributed by atoms with van der Waals surface area (Å²) in [6.07, 6.45) is 9.72. The highest BCUT2D eigenvalue weighted by Crippen LogP contribution is 2.43. The zero-order valence-electron chi connectivity index (χ0n) is 21.1. The van der Waals surface area contributed by atoms with Gasteiger partial charge in [-0.05, 0) is 12.8 Å². The molecule has 12 heteroatoms. The lowest BCUT2D eigenvalue weighted by Gasteiger charge is -2.18. The topological polar surface area (TPSA) is 169 Å². The number of rotatable bonds is 23. The molecule has 0 aromatic carbocycles. The van der Waals surface area contributed by atoms with E-state index in [0.29, 0.717) is 12.8 Å². The van der Waals surface area contributed by atoms with Gasteiger partial charge in [-0.2, -0.15) is 0 Å². The Labute approximate surface area is 208 Å². The van der Waals surface area contributed by atoms with Crippen LogP contribution in [0.25, 0.3) is 0 Å². The molecule has 4 N–H and O–H groups in total. The van der Waals surface area contributed by atoms with Gasteiger partial charge >= 0.3 is 19.8 Å². The molecule has 0 spiro atoms. The Hall–Kier alpha value is -1.52. The maximum atomic E-state index is 12.0. The summed E-state index contributed by atoms with van der Waals surface area (Å²) in [4.78, 5) is 44.7. The Bertz CT molecular complexity index is 646. The quantitative estimate of drug-likeness (QED) is 0.0876. The first kappa shape index (κ1) is 33.5. The lowest BCUT2D eigenvalue weighted by atomic mass is 10.1. The average Bonchev–Trinajstić information content (AvgIpc) is 2.81. The van der Waals surface area contributed by atoms with Crippen LogP contribution in [-0.2, 0) is 32.7 Å². The van der Waals surface area contributed by atoms with Gasteiger partial charge in [0, 0.05) is 12.8 Å². The summed E-state index contributed by atoms with van der Waals surface area (Å²) in [6, 6.07) is -1.53. The van der Waals surface area contributed by atoms with E-state index in [2.05, 4.69) is 21.3 Å². The molecule has 0 aliphatic heterocycles. The molecule has 3 unspecified atom stereocenters. The van der Waals surface area contributed by atoms with E-state index >= 15 is 0 Å². The van der Waals surface area contributed by atoms with Gasteiger partial charge < -0.3 is 25.2 Å². The van der Waals surface area contributed by atoms with E-state index in [1.54, 1.807) is 0 Å². The van der Waals surface area contributed by atoms with E-state index in [-0.39, 0.29) is 12.8 Å². The van der Waals surface area contributed by atoms with Crippen molar-refractivity contribution in [3.8, 4) is 0 Å².